The molecule has 2 atom stereocenters. The summed E-state index contributed by atoms with van der Waals surface area (Å²) in [5.74, 6) is -0.926. The van der Waals surface area contributed by atoms with Crippen LogP contribution in [-0.4, -0.2) is 35.7 Å². The van der Waals surface area contributed by atoms with Crippen molar-refractivity contribution < 1.29 is 14.4 Å². The number of amides is 3. The maximum Gasteiger partial charge on any atom is 0.261 e. The smallest absolute Gasteiger partial charge is 0.261 e. The number of fused-ring (bicyclic) bond motifs is 1. The fraction of sp³-hybridized carbons (Fsp3) is 0.400. The van der Waals surface area contributed by atoms with Gasteiger partial charge in [0.2, 0.25) is 5.91 Å². The van der Waals surface area contributed by atoms with Crippen LogP contribution in [0.3, 0.4) is 0 Å². The minimum atomic E-state index is -0.608. The second kappa shape index (κ2) is 5.65. The van der Waals surface area contributed by atoms with Crippen molar-refractivity contribution in [2.75, 3.05) is 12.4 Å². The number of carbonyl (C=O) groups is 3. The molecule has 0 bridgehead atoms. The van der Waals surface area contributed by atoms with Gasteiger partial charge in [-0.1, -0.05) is 20.3 Å². The summed E-state index contributed by atoms with van der Waals surface area (Å²) in [6, 6.07) is 4.05. The molecule has 2 rings (SSSR count). The van der Waals surface area contributed by atoms with Crippen LogP contribution in [0.4, 0.5) is 5.69 Å². The second-order valence-electron chi connectivity index (χ2n) is 5.33. The summed E-state index contributed by atoms with van der Waals surface area (Å²) in [6.07, 6.45) is 0.802. The Hall–Kier alpha value is -2.21. The molecule has 0 saturated carbocycles. The Morgan fingerprint density at radius 2 is 1.90 bits per heavy atom. The van der Waals surface area contributed by atoms with Gasteiger partial charge in [0.05, 0.1) is 17.2 Å². The molecular formula is C15H19N3O3. The molecule has 112 valence electrons. The number of rotatable bonds is 4. The zero-order chi connectivity index (χ0) is 15.7. The Bertz CT molecular complexity index is 612. The number of benzene rings is 1. The maximum absolute atomic E-state index is 12.0. The highest BCUT2D eigenvalue weighted by molar-refractivity contribution is 6.21. The second-order valence-corrected chi connectivity index (χ2v) is 5.33. The number of nitrogens with one attached hydrogen (secondary N) is 1. The molecule has 1 aliphatic heterocycles. The van der Waals surface area contributed by atoms with E-state index in [0.29, 0.717) is 16.8 Å². The first-order valence-electron chi connectivity index (χ1n) is 6.89. The summed E-state index contributed by atoms with van der Waals surface area (Å²) in [5, 5.41) is 2.69. The van der Waals surface area contributed by atoms with Crippen LogP contribution in [0.25, 0.3) is 0 Å². The average Bonchev–Trinajstić information content (AvgIpc) is 2.70. The molecular weight excluding hydrogens is 270 g/mol. The molecule has 6 heteroatoms. The summed E-state index contributed by atoms with van der Waals surface area (Å²) in [7, 11) is 1.43. The van der Waals surface area contributed by atoms with Gasteiger partial charge >= 0.3 is 0 Å². The Morgan fingerprint density at radius 1 is 1.29 bits per heavy atom. The van der Waals surface area contributed by atoms with E-state index in [1.807, 2.05) is 13.8 Å². The number of hydrogen-bond donors (Lipinski definition) is 2. The molecule has 0 saturated heterocycles. The summed E-state index contributed by atoms with van der Waals surface area (Å²) < 4.78 is 0. The maximum atomic E-state index is 12.0. The Labute approximate surface area is 123 Å². The predicted octanol–water partition coefficient (Wildman–Crippen LogP) is 1.22. The largest absolute Gasteiger partial charge is 0.325 e. The van der Waals surface area contributed by atoms with Crippen molar-refractivity contribution in [1.82, 2.24) is 4.90 Å². The summed E-state index contributed by atoms with van der Waals surface area (Å²) >= 11 is 0. The van der Waals surface area contributed by atoms with E-state index < -0.39 is 6.04 Å². The zero-order valence-corrected chi connectivity index (χ0v) is 12.3. The van der Waals surface area contributed by atoms with E-state index in [4.69, 9.17) is 5.73 Å². The van der Waals surface area contributed by atoms with Gasteiger partial charge in [-0.15, -0.1) is 0 Å². The number of imide groups is 1. The van der Waals surface area contributed by atoms with Gasteiger partial charge in [-0.05, 0) is 24.1 Å². The van der Waals surface area contributed by atoms with Crippen molar-refractivity contribution in [3.63, 3.8) is 0 Å². The molecule has 1 aromatic carbocycles. The first kappa shape index (κ1) is 15.2. The molecule has 2 unspecified atom stereocenters. The number of carbonyl (C=O) groups excluding carboxylic acids is 3. The molecule has 0 aromatic heterocycles. The fourth-order valence-electron chi connectivity index (χ4n) is 2.18. The first-order chi connectivity index (χ1) is 9.86. The van der Waals surface area contributed by atoms with E-state index in [-0.39, 0.29) is 23.6 Å². The normalized spacial score (nSPS) is 16.7. The van der Waals surface area contributed by atoms with Crippen LogP contribution in [0.5, 0.6) is 0 Å². The minimum Gasteiger partial charge on any atom is -0.325 e. The lowest BCUT2D eigenvalue weighted by Crippen LogP contribution is -2.40. The quantitative estimate of drug-likeness (QED) is 0.815. The van der Waals surface area contributed by atoms with Gasteiger partial charge in [-0.25, -0.2) is 0 Å². The van der Waals surface area contributed by atoms with Crippen LogP contribution in [-0.2, 0) is 4.79 Å². The monoisotopic (exact) mass is 289 g/mol. The molecule has 3 N–H and O–H groups in total. The van der Waals surface area contributed by atoms with E-state index in [9.17, 15) is 14.4 Å². The van der Waals surface area contributed by atoms with Crippen molar-refractivity contribution in [3.05, 3.63) is 29.3 Å². The molecule has 1 aromatic rings. The molecule has 1 heterocycles. The molecule has 0 aliphatic carbocycles. The lowest BCUT2D eigenvalue weighted by molar-refractivity contribution is -0.118. The predicted molar refractivity (Wildman–Crippen MR) is 78.9 cm³/mol. The third kappa shape index (κ3) is 2.67. The lowest BCUT2D eigenvalue weighted by atomic mass is 9.99. The van der Waals surface area contributed by atoms with Crippen molar-refractivity contribution >= 4 is 23.4 Å². The standard InChI is InChI=1S/C15H19N3O3/c1-4-8(2)12(16)13(19)17-9-5-6-10-11(7-9)15(21)18(3)14(10)20/h5-8,12H,4,16H2,1-3H3,(H,17,19). The number of hydrogen-bond acceptors (Lipinski definition) is 4. The SMILES string of the molecule is CCC(C)C(N)C(=O)Nc1ccc2c(c1)C(=O)N(C)C2=O. The highest BCUT2D eigenvalue weighted by Gasteiger charge is 2.33. The summed E-state index contributed by atoms with van der Waals surface area (Å²) in [4.78, 5) is 36.8. The highest BCUT2D eigenvalue weighted by atomic mass is 16.2. The molecule has 21 heavy (non-hydrogen) atoms. The van der Waals surface area contributed by atoms with Crippen LogP contribution in [0.15, 0.2) is 18.2 Å². The Morgan fingerprint density at radius 3 is 2.52 bits per heavy atom. The van der Waals surface area contributed by atoms with Gasteiger partial charge in [0.1, 0.15) is 0 Å². The van der Waals surface area contributed by atoms with Crippen molar-refractivity contribution in [2.45, 2.75) is 26.3 Å². The van der Waals surface area contributed by atoms with E-state index >= 15 is 0 Å². The van der Waals surface area contributed by atoms with Crippen LogP contribution < -0.4 is 11.1 Å². The van der Waals surface area contributed by atoms with E-state index in [1.165, 1.54) is 13.1 Å². The van der Waals surface area contributed by atoms with Crippen molar-refractivity contribution in [1.29, 1.82) is 0 Å². The Kier molecular flexibility index (Phi) is 4.09. The fourth-order valence-corrected chi connectivity index (χ4v) is 2.18. The number of nitrogens with two attached hydrogens (primary N) is 1. The topological polar surface area (TPSA) is 92.5 Å². The molecule has 0 fully saturated rings. The van der Waals surface area contributed by atoms with Gasteiger partial charge in [-0.3, -0.25) is 19.3 Å². The van der Waals surface area contributed by atoms with Crippen molar-refractivity contribution in [2.24, 2.45) is 11.7 Å². The van der Waals surface area contributed by atoms with Crippen molar-refractivity contribution in [3.8, 4) is 0 Å². The van der Waals surface area contributed by atoms with Gasteiger partial charge in [0, 0.05) is 12.7 Å². The highest BCUT2D eigenvalue weighted by Crippen LogP contribution is 2.25. The minimum absolute atomic E-state index is 0.0637. The molecule has 6 nitrogen and oxygen atoms in total. The Balaban J connectivity index is 2.20. The molecule has 1 aliphatic rings. The molecule has 3 amide bonds. The van der Waals surface area contributed by atoms with Crippen LogP contribution >= 0.6 is 0 Å². The zero-order valence-electron chi connectivity index (χ0n) is 12.3. The molecule has 0 radical (unpaired) electrons. The number of nitrogens with zero attached hydrogens (tertiary/aromatic N) is 1. The van der Waals surface area contributed by atoms with E-state index in [0.717, 1.165) is 11.3 Å². The third-order valence-electron chi connectivity index (χ3n) is 3.92. The van der Waals surface area contributed by atoms with Gasteiger partial charge in [0.15, 0.2) is 0 Å². The first-order valence-corrected chi connectivity index (χ1v) is 6.89. The van der Waals surface area contributed by atoms with Gasteiger partial charge < -0.3 is 11.1 Å². The van der Waals surface area contributed by atoms with Gasteiger partial charge in [0.25, 0.3) is 11.8 Å². The van der Waals surface area contributed by atoms with Gasteiger partial charge in [-0.2, -0.15) is 0 Å². The average molecular weight is 289 g/mol. The third-order valence-corrected chi connectivity index (χ3v) is 3.92. The van der Waals surface area contributed by atoms with Crippen LogP contribution in [0.2, 0.25) is 0 Å². The van der Waals surface area contributed by atoms with Crippen LogP contribution in [0.1, 0.15) is 41.0 Å². The van der Waals surface area contributed by atoms with E-state index in [2.05, 4.69) is 5.32 Å². The van der Waals surface area contributed by atoms with E-state index in [1.54, 1.807) is 12.1 Å². The lowest BCUT2D eigenvalue weighted by Gasteiger charge is -2.17. The summed E-state index contributed by atoms with van der Waals surface area (Å²) in [5.41, 5.74) is 6.99. The van der Waals surface area contributed by atoms with Crippen LogP contribution in [0, 0.1) is 5.92 Å². The summed E-state index contributed by atoms with van der Waals surface area (Å²) in [6.45, 7) is 3.87. The molecule has 0 spiro atoms. The number of anilines is 1.